The minimum atomic E-state index is 0.0303. The Morgan fingerprint density at radius 3 is 2.79 bits per heavy atom. The largest absolute Gasteiger partial charge is 0.472 e. The summed E-state index contributed by atoms with van der Waals surface area (Å²) in [5.74, 6) is 0.0303. The molecule has 0 bridgehead atoms. The van der Waals surface area contributed by atoms with Crippen molar-refractivity contribution >= 4 is 17.1 Å². The molecule has 0 aliphatic heterocycles. The van der Waals surface area contributed by atoms with Crippen LogP contribution < -0.4 is 0 Å². The van der Waals surface area contributed by atoms with Crippen molar-refractivity contribution in [2.45, 2.75) is 6.42 Å². The number of aromatic nitrogens is 1. The molecule has 0 aliphatic carbocycles. The van der Waals surface area contributed by atoms with E-state index < -0.39 is 0 Å². The van der Waals surface area contributed by atoms with Crippen LogP contribution in [0.3, 0.4) is 0 Å². The molecule has 0 saturated carbocycles. The molecule has 0 radical (unpaired) electrons. The number of carbonyl (C=O) groups is 1. The normalized spacial score (nSPS) is 10.5. The molecule has 2 heterocycles. The molecule has 0 saturated heterocycles. The van der Waals surface area contributed by atoms with Gasteiger partial charge in [-0.3, -0.25) is 4.79 Å². The lowest BCUT2D eigenvalue weighted by atomic mass is 10.1. The van der Waals surface area contributed by atoms with E-state index >= 15 is 0 Å². The molecule has 94 valence electrons. The molecule has 4 heteroatoms. The summed E-state index contributed by atoms with van der Waals surface area (Å²) >= 11 is 1.51. The minimum absolute atomic E-state index is 0.0303. The Balaban J connectivity index is 1.77. The molecule has 0 spiro atoms. The Hall–Kier alpha value is -2.20. The van der Waals surface area contributed by atoms with E-state index in [1.54, 1.807) is 6.07 Å². The molecule has 0 unspecified atom stereocenters. The first-order valence-electron chi connectivity index (χ1n) is 5.88. The molecule has 2 aromatic heterocycles. The summed E-state index contributed by atoms with van der Waals surface area (Å²) in [5, 5.41) is 2.80. The van der Waals surface area contributed by atoms with Crippen LogP contribution in [0.25, 0.3) is 11.3 Å². The van der Waals surface area contributed by atoms with Crippen molar-refractivity contribution in [3.8, 4) is 11.3 Å². The highest BCUT2D eigenvalue weighted by Gasteiger charge is 2.11. The van der Waals surface area contributed by atoms with E-state index in [2.05, 4.69) is 4.98 Å². The zero-order valence-corrected chi connectivity index (χ0v) is 10.9. The van der Waals surface area contributed by atoms with E-state index in [-0.39, 0.29) is 5.78 Å². The molecule has 3 nitrogen and oxygen atoms in total. The maximum atomic E-state index is 11.9. The smallest absolute Gasteiger partial charge is 0.172 e. The predicted molar refractivity (Wildman–Crippen MR) is 74.3 cm³/mol. The second-order valence-electron chi connectivity index (χ2n) is 4.10. The van der Waals surface area contributed by atoms with Crippen molar-refractivity contribution in [1.29, 1.82) is 0 Å². The lowest BCUT2D eigenvalue weighted by Crippen LogP contribution is -2.01. The quantitative estimate of drug-likeness (QED) is 0.676. The van der Waals surface area contributed by atoms with E-state index in [9.17, 15) is 4.79 Å². The number of benzene rings is 1. The van der Waals surface area contributed by atoms with Gasteiger partial charge in [0.1, 0.15) is 11.3 Å². The highest BCUT2D eigenvalue weighted by molar-refractivity contribution is 7.10. The topological polar surface area (TPSA) is 43.1 Å². The Morgan fingerprint density at radius 1 is 1.21 bits per heavy atom. The molecular weight excluding hydrogens is 258 g/mol. The molecular formula is C15H11NO2S. The molecule has 0 atom stereocenters. The van der Waals surface area contributed by atoms with Gasteiger partial charge in [-0.2, -0.15) is 0 Å². The second kappa shape index (κ2) is 5.20. The van der Waals surface area contributed by atoms with Gasteiger partial charge in [0.25, 0.3) is 0 Å². The Bertz CT molecular complexity index is 671. The summed E-state index contributed by atoms with van der Waals surface area (Å²) in [6.45, 7) is 0. The fourth-order valence-corrected chi connectivity index (χ4v) is 2.60. The van der Waals surface area contributed by atoms with E-state index in [4.69, 9.17) is 4.42 Å². The molecule has 3 aromatic rings. The van der Waals surface area contributed by atoms with Crippen LogP contribution in [0.4, 0.5) is 0 Å². The third-order valence-electron chi connectivity index (χ3n) is 2.78. The number of rotatable bonds is 4. The van der Waals surface area contributed by atoms with Crippen LogP contribution >= 0.6 is 11.3 Å². The van der Waals surface area contributed by atoms with Gasteiger partial charge in [-0.25, -0.2) is 4.98 Å². The van der Waals surface area contributed by atoms with Crippen LogP contribution in [-0.4, -0.2) is 10.8 Å². The van der Waals surface area contributed by atoms with Gasteiger partial charge >= 0.3 is 0 Å². The van der Waals surface area contributed by atoms with Gasteiger partial charge in [-0.05, 0) is 6.07 Å². The average Bonchev–Trinajstić information content (AvgIpc) is 3.11. The number of hydrogen-bond donors (Lipinski definition) is 0. The monoisotopic (exact) mass is 269 g/mol. The first-order chi connectivity index (χ1) is 9.33. The van der Waals surface area contributed by atoms with E-state index in [1.165, 1.54) is 23.9 Å². The van der Waals surface area contributed by atoms with Crippen LogP contribution in [0.5, 0.6) is 0 Å². The van der Waals surface area contributed by atoms with Gasteiger partial charge in [-0.15, -0.1) is 11.3 Å². The lowest BCUT2D eigenvalue weighted by molar-refractivity contribution is 0.0992. The van der Waals surface area contributed by atoms with Gasteiger partial charge in [-0.1, -0.05) is 30.3 Å². The van der Waals surface area contributed by atoms with E-state index in [0.717, 1.165) is 16.3 Å². The number of carbonyl (C=O) groups excluding carboxylic acids is 1. The van der Waals surface area contributed by atoms with Crippen molar-refractivity contribution in [2.75, 3.05) is 0 Å². The lowest BCUT2D eigenvalue weighted by Gasteiger charge is -1.95. The zero-order chi connectivity index (χ0) is 13.1. The highest BCUT2D eigenvalue weighted by Crippen LogP contribution is 2.22. The molecule has 1 aromatic carbocycles. The summed E-state index contributed by atoms with van der Waals surface area (Å²) in [6.07, 6.45) is 3.29. The molecule has 19 heavy (non-hydrogen) atoms. The number of hydrogen-bond acceptors (Lipinski definition) is 4. The standard InChI is InChI=1S/C15H11NO2S/c17-14(12-6-7-18-9-12)8-15-16-13(10-19-15)11-4-2-1-3-5-11/h1-7,9-10H,8H2. The van der Waals surface area contributed by atoms with E-state index in [0.29, 0.717) is 12.0 Å². The van der Waals surface area contributed by atoms with Gasteiger partial charge in [0.2, 0.25) is 0 Å². The summed E-state index contributed by atoms with van der Waals surface area (Å²) in [5.41, 5.74) is 2.58. The van der Waals surface area contributed by atoms with Crippen molar-refractivity contribution in [3.05, 3.63) is 64.9 Å². The van der Waals surface area contributed by atoms with Crippen molar-refractivity contribution in [1.82, 2.24) is 4.98 Å². The van der Waals surface area contributed by atoms with Crippen molar-refractivity contribution < 1.29 is 9.21 Å². The van der Waals surface area contributed by atoms with Crippen LogP contribution in [0.1, 0.15) is 15.4 Å². The van der Waals surface area contributed by atoms with Crippen LogP contribution in [0.2, 0.25) is 0 Å². The van der Waals surface area contributed by atoms with Crippen molar-refractivity contribution in [3.63, 3.8) is 0 Å². The first-order valence-corrected chi connectivity index (χ1v) is 6.76. The maximum Gasteiger partial charge on any atom is 0.172 e. The highest BCUT2D eigenvalue weighted by atomic mass is 32.1. The van der Waals surface area contributed by atoms with Crippen LogP contribution in [0.15, 0.2) is 58.7 Å². The third-order valence-corrected chi connectivity index (χ3v) is 3.63. The molecule has 0 fully saturated rings. The summed E-state index contributed by atoms with van der Waals surface area (Å²) < 4.78 is 4.91. The number of nitrogens with zero attached hydrogens (tertiary/aromatic N) is 1. The fourth-order valence-electron chi connectivity index (χ4n) is 1.80. The minimum Gasteiger partial charge on any atom is -0.472 e. The predicted octanol–water partition coefficient (Wildman–Crippen LogP) is 3.83. The average molecular weight is 269 g/mol. The summed E-state index contributed by atoms with van der Waals surface area (Å²) in [7, 11) is 0. The maximum absolute atomic E-state index is 11.9. The van der Waals surface area contributed by atoms with E-state index in [1.807, 2.05) is 35.7 Å². The van der Waals surface area contributed by atoms with Crippen LogP contribution in [-0.2, 0) is 6.42 Å². The van der Waals surface area contributed by atoms with Crippen LogP contribution in [0, 0.1) is 0 Å². The first kappa shape index (κ1) is 11.9. The number of furan rings is 1. The fraction of sp³-hybridized carbons (Fsp3) is 0.0667. The molecule has 0 N–H and O–H groups in total. The third kappa shape index (κ3) is 2.63. The number of thiazole rings is 1. The van der Waals surface area contributed by atoms with Gasteiger partial charge in [0.05, 0.1) is 23.9 Å². The number of ketones is 1. The Labute approximate surface area is 114 Å². The summed E-state index contributed by atoms with van der Waals surface area (Å²) in [4.78, 5) is 16.4. The molecule has 3 rings (SSSR count). The Kier molecular flexibility index (Phi) is 3.25. The van der Waals surface area contributed by atoms with Crippen molar-refractivity contribution in [2.24, 2.45) is 0 Å². The second-order valence-corrected chi connectivity index (χ2v) is 5.05. The summed E-state index contributed by atoms with van der Waals surface area (Å²) in [6, 6.07) is 11.6. The molecule has 0 amide bonds. The Morgan fingerprint density at radius 2 is 2.05 bits per heavy atom. The zero-order valence-electron chi connectivity index (χ0n) is 10.1. The molecule has 0 aliphatic rings. The SMILES string of the molecule is O=C(Cc1nc(-c2ccccc2)cs1)c1ccoc1. The number of Topliss-reactive ketones (excluding diaryl/α,β-unsaturated/α-hetero) is 1. The van der Waals surface area contributed by atoms with Gasteiger partial charge in [0, 0.05) is 10.9 Å². The van der Waals surface area contributed by atoms with Gasteiger partial charge in [0.15, 0.2) is 5.78 Å². The van der Waals surface area contributed by atoms with Gasteiger partial charge < -0.3 is 4.42 Å².